The summed E-state index contributed by atoms with van der Waals surface area (Å²) in [5, 5.41) is 2.22. The number of hydrogen-bond acceptors (Lipinski definition) is 21. The van der Waals surface area contributed by atoms with Crippen LogP contribution in [0.15, 0.2) is 60.7 Å². The highest BCUT2D eigenvalue weighted by Gasteiger charge is 2.59. The van der Waals surface area contributed by atoms with Crippen LogP contribution in [0.5, 0.6) is 11.5 Å². The number of ether oxygens (including phenoxy) is 10. The molecule has 2 heterocycles. The smallest absolute Gasteiger partial charge is 0.463 e. The van der Waals surface area contributed by atoms with Gasteiger partial charge < -0.3 is 61.7 Å². The molecule has 4 rings (SSSR count). The van der Waals surface area contributed by atoms with E-state index in [-0.39, 0.29) is 11.5 Å². The van der Waals surface area contributed by atoms with Crippen LogP contribution in [0.2, 0.25) is 0 Å². The number of hydrogen-bond donors (Lipinski definition) is 1. The molecule has 0 spiro atoms. The van der Waals surface area contributed by atoms with Gasteiger partial charge in [-0.05, 0) is 24.3 Å². The molecule has 0 bridgehead atoms. The van der Waals surface area contributed by atoms with Gasteiger partial charge in [-0.15, -0.1) is 0 Å². The van der Waals surface area contributed by atoms with Gasteiger partial charge in [-0.3, -0.25) is 28.8 Å². The first-order valence-corrected chi connectivity index (χ1v) is 19.9. The van der Waals surface area contributed by atoms with Gasteiger partial charge in [-0.25, -0.2) is 13.9 Å². The van der Waals surface area contributed by atoms with Crippen LogP contribution in [0.1, 0.15) is 41.5 Å². The topological polar surface area (TPSA) is 269 Å². The third kappa shape index (κ3) is 14.4. The minimum atomic E-state index is -5.01. The summed E-state index contributed by atoms with van der Waals surface area (Å²) in [6, 6.07) is 15.2. The van der Waals surface area contributed by atoms with Crippen molar-refractivity contribution in [2.75, 3.05) is 20.3 Å². The Balaban J connectivity index is 1.93. The van der Waals surface area contributed by atoms with Crippen molar-refractivity contribution in [3.05, 3.63) is 60.7 Å². The number of nitrogens with one attached hydrogen (secondary N) is 1. The molecule has 61 heavy (non-hydrogen) atoms. The van der Waals surface area contributed by atoms with Gasteiger partial charge in [0.25, 0.3) is 0 Å². The quantitative estimate of drug-likeness (QED) is 0.136. The maximum absolute atomic E-state index is 14.8. The second-order valence-electron chi connectivity index (χ2n) is 13.1. The van der Waals surface area contributed by atoms with Crippen molar-refractivity contribution in [1.82, 2.24) is 5.32 Å². The van der Waals surface area contributed by atoms with E-state index in [1.165, 1.54) is 31.3 Å². The van der Waals surface area contributed by atoms with Gasteiger partial charge in [-0.2, -0.15) is 0 Å². The van der Waals surface area contributed by atoms with E-state index in [4.69, 9.17) is 60.9 Å². The van der Waals surface area contributed by atoms with Crippen LogP contribution in [0.25, 0.3) is 0 Å². The van der Waals surface area contributed by atoms with Crippen LogP contribution < -0.4 is 14.4 Å². The van der Waals surface area contributed by atoms with E-state index in [1.54, 1.807) is 36.4 Å². The summed E-state index contributed by atoms with van der Waals surface area (Å²) in [6.45, 7) is 4.76. The molecule has 0 unspecified atom stereocenters. The molecule has 2 aromatic carbocycles. The number of phosphoric acid groups is 1. The standard InChI is InChI=1S/C38H46NO21P/c1-20(40)48-18-28-30(50-22(3)42)32(51-23(4)43)35(37(55-28)60-61(47,58-26-14-10-8-11-15-26)59-27-16-12-9-13-17-27)56-36-34(53-25(6)45)33(52-24(5)44)31(57-38(46)39-7)29(54-36)19-49-21(2)41/h8-17,28-37H,18-19H2,1-7H3,(H,39,46)/t28-,29-,30+,31-,32-,33+,34+,35-,36+,37+/m1/s1. The van der Waals surface area contributed by atoms with Gasteiger partial charge in [-0.1, -0.05) is 36.4 Å². The molecule has 334 valence electrons. The first-order valence-electron chi connectivity index (χ1n) is 18.5. The van der Waals surface area contributed by atoms with Crippen LogP contribution in [0, 0.1) is 0 Å². The summed E-state index contributed by atoms with van der Waals surface area (Å²) >= 11 is 0. The van der Waals surface area contributed by atoms with Crippen molar-refractivity contribution in [1.29, 1.82) is 0 Å². The Morgan fingerprint density at radius 2 is 0.918 bits per heavy atom. The first kappa shape index (κ1) is 47.9. The highest BCUT2D eigenvalue weighted by molar-refractivity contribution is 7.49. The Labute approximate surface area is 349 Å². The van der Waals surface area contributed by atoms with Crippen molar-refractivity contribution in [2.24, 2.45) is 0 Å². The third-order valence-electron chi connectivity index (χ3n) is 8.18. The first-order chi connectivity index (χ1) is 28.9. The lowest BCUT2D eigenvalue weighted by Gasteiger charge is -2.48. The number of esters is 6. The molecular weight excluding hydrogens is 837 g/mol. The third-order valence-corrected chi connectivity index (χ3v) is 9.52. The van der Waals surface area contributed by atoms with Crippen molar-refractivity contribution in [3.8, 4) is 11.5 Å². The Bertz CT molecular complexity index is 1850. The van der Waals surface area contributed by atoms with Gasteiger partial charge >= 0.3 is 49.7 Å². The predicted octanol–water partition coefficient (Wildman–Crippen LogP) is 2.68. The summed E-state index contributed by atoms with van der Waals surface area (Å²) in [6.07, 6.45) is -19.2. The number of carbonyl (C=O) groups excluding carboxylic acids is 7. The lowest BCUT2D eigenvalue weighted by atomic mass is 9.96. The SMILES string of the molecule is CNC(=O)O[C@H]1[C@H](OC(C)=O)[C@H](OC(C)=O)[C@H](O[C@H]2[C@H](OP(=O)(Oc3ccccc3)Oc3ccccc3)O[C@H](COC(C)=O)[C@H](OC(C)=O)[C@H]2OC(C)=O)O[C@@H]1COC(C)=O. The van der Waals surface area contributed by atoms with Crippen molar-refractivity contribution in [3.63, 3.8) is 0 Å². The largest absolute Gasteiger partial charge is 0.590 e. The van der Waals surface area contributed by atoms with E-state index in [0.29, 0.717) is 0 Å². The second-order valence-corrected chi connectivity index (χ2v) is 14.5. The number of phosphoric ester groups is 1. The number of benzene rings is 2. The zero-order chi connectivity index (χ0) is 44.9. The minimum absolute atomic E-state index is 0.0222. The molecule has 0 radical (unpaired) electrons. The van der Waals surface area contributed by atoms with Crippen LogP contribution >= 0.6 is 7.82 Å². The monoisotopic (exact) mass is 883 g/mol. The number of carbonyl (C=O) groups is 7. The van der Waals surface area contributed by atoms with Crippen LogP contribution in [-0.4, -0.2) is 124 Å². The maximum Gasteiger partial charge on any atom is 0.590 e. The summed E-state index contributed by atoms with van der Waals surface area (Å²) in [5.41, 5.74) is 0. The molecule has 2 aliphatic heterocycles. The molecule has 2 saturated heterocycles. The second kappa shape index (κ2) is 22.2. The van der Waals surface area contributed by atoms with Gasteiger partial charge in [0.05, 0.1) is 0 Å². The molecular formula is C38H46NO21P. The minimum Gasteiger partial charge on any atom is -0.463 e. The molecule has 1 N–H and O–H groups in total. The summed E-state index contributed by atoms with van der Waals surface area (Å²) < 4.78 is 89.2. The molecule has 0 saturated carbocycles. The molecule has 0 aromatic heterocycles. The summed E-state index contributed by atoms with van der Waals surface area (Å²) in [4.78, 5) is 87.2. The van der Waals surface area contributed by atoms with E-state index >= 15 is 0 Å². The van der Waals surface area contributed by atoms with Crippen LogP contribution in [0.3, 0.4) is 0 Å². The van der Waals surface area contributed by atoms with Gasteiger partial charge in [0.1, 0.15) is 36.9 Å². The van der Waals surface area contributed by atoms with Gasteiger partial charge in [0, 0.05) is 48.6 Å². The zero-order valence-electron chi connectivity index (χ0n) is 34.0. The predicted molar refractivity (Wildman–Crippen MR) is 200 cm³/mol. The van der Waals surface area contributed by atoms with Crippen molar-refractivity contribution < 1.29 is 99.1 Å². The maximum atomic E-state index is 14.8. The Kier molecular flexibility index (Phi) is 17.4. The number of para-hydroxylation sites is 2. The van der Waals surface area contributed by atoms with Gasteiger partial charge in [0.2, 0.25) is 6.29 Å². The number of amides is 1. The van der Waals surface area contributed by atoms with Crippen LogP contribution in [-0.2, 0) is 85.2 Å². The molecule has 2 fully saturated rings. The molecule has 22 nitrogen and oxygen atoms in total. The highest BCUT2D eigenvalue weighted by Crippen LogP contribution is 2.52. The Morgan fingerprint density at radius 3 is 1.34 bits per heavy atom. The van der Waals surface area contributed by atoms with Crippen LogP contribution in [0.4, 0.5) is 4.79 Å². The Hall–Kier alpha value is -5.80. The summed E-state index contributed by atoms with van der Waals surface area (Å²) in [5.74, 6) is -5.59. The lowest BCUT2D eigenvalue weighted by Crippen LogP contribution is -2.67. The zero-order valence-corrected chi connectivity index (χ0v) is 34.9. The summed E-state index contributed by atoms with van der Waals surface area (Å²) in [7, 11) is -3.79. The Morgan fingerprint density at radius 1 is 0.525 bits per heavy atom. The molecule has 10 atom stereocenters. The van der Waals surface area contributed by atoms with E-state index in [9.17, 15) is 38.1 Å². The molecule has 2 aromatic rings. The van der Waals surface area contributed by atoms with Crippen molar-refractivity contribution in [2.45, 2.75) is 103 Å². The fourth-order valence-corrected chi connectivity index (χ4v) is 7.26. The average Bonchev–Trinajstić information content (AvgIpc) is 3.17. The molecule has 0 aliphatic carbocycles. The average molecular weight is 884 g/mol. The number of alkyl carbamates (subject to hydrolysis) is 1. The van der Waals surface area contributed by atoms with E-state index < -0.39 is 124 Å². The van der Waals surface area contributed by atoms with E-state index in [2.05, 4.69) is 5.32 Å². The van der Waals surface area contributed by atoms with Crippen molar-refractivity contribution >= 4 is 49.7 Å². The molecule has 23 heteroatoms. The lowest BCUT2D eigenvalue weighted by molar-refractivity contribution is -0.359. The number of rotatable bonds is 17. The molecule has 1 amide bonds. The van der Waals surface area contributed by atoms with E-state index in [0.717, 1.165) is 41.5 Å². The fraction of sp³-hybridized carbons (Fsp3) is 0.500. The molecule has 2 aliphatic rings. The highest BCUT2D eigenvalue weighted by atomic mass is 31.2. The van der Waals surface area contributed by atoms with E-state index in [1.807, 2.05) is 0 Å². The van der Waals surface area contributed by atoms with Gasteiger partial charge in [0.15, 0.2) is 42.9 Å². The fourth-order valence-electron chi connectivity index (χ4n) is 5.95. The normalized spacial score (nSPS) is 26.0.